The lowest BCUT2D eigenvalue weighted by Crippen LogP contribution is -2.36. The second kappa shape index (κ2) is 3.92. The van der Waals surface area contributed by atoms with Crippen LogP contribution in [0.1, 0.15) is 39.5 Å². The Kier molecular flexibility index (Phi) is 2.74. The molecule has 88 valence electrons. The van der Waals surface area contributed by atoms with E-state index in [9.17, 15) is 4.79 Å². The maximum Gasteiger partial charge on any atom is 0.353 e. The van der Waals surface area contributed by atoms with Crippen molar-refractivity contribution in [1.82, 2.24) is 0 Å². The summed E-state index contributed by atoms with van der Waals surface area (Å²) in [5, 5.41) is 12.5. The smallest absolute Gasteiger partial charge is 0.353 e. The van der Waals surface area contributed by atoms with Crippen molar-refractivity contribution >= 4 is 11.7 Å². The van der Waals surface area contributed by atoms with Crippen LogP contribution in [0.15, 0.2) is 16.8 Å². The Bertz CT molecular complexity index is 372. The molecule has 0 aromatic heterocycles. The maximum atomic E-state index is 10.8. The summed E-state index contributed by atoms with van der Waals surface area (Å²) in [4.78, 5) is 16.2. The summed E-state index contributed by atoms with van der Waals surface area (Å²) in [6.45, 7) is 4.10. The van der Waals surface area contributed by atoms with E-state index in [4.69, 9.17) is 9.94 Å². The molecule has 0 radical (unpaired) electrons. The molecule has 2 atom stereocenters. The van der Waals surface area contributed by atoms with Crippen molar-refractivity contribution < 1.29 is 14.7 Å². The monoisotopic (exact) mass is 223 g/mol. The van der Waals surface area contributed by atoms with Gasteiger partial charge < -0.3 is 9.94 Å². The van der Waals surface area contributed by atoms with E-state index in [0.717, 1.165) is 19.3 Å². The van der Waals surface area contributed by atoms with Gasteiger partial charge >= 0.3 is 5.97 Å². The quantitative estimate of drug-likeness (QED) is 0.731. The van der Waals surface area contributed by atoms with Gasteiger partial charge in [0, 0.05) is 12.3 Å². The van der Waals surface area contributed by atoms with E-state index in [2.05, 4.69) is 18.2 Å². The van der Waals surface area contributed by atoms with Crippen molar-refractivity contribution in [1.29, 1.82) is 0 Å². The second-order valence-electron chi connectivity index (χ2n) is 4.95. The third kappa shape index (κ3) is 1.96. The molecule has 16 heavy (non-hydrogen) atoms. The number of carboxylic acid groups (broad SMARTS) is 1. The molecule has 1 N–H and O–H groups in total. The Labute approximate surface area is 95.0 Å². The molecule has 0 aromatic carbocycles. The van der Waals surface area contributed by atoms with Gasteiger partial charge in [-0.15, -0.1) is 0 Å². The zero-order chi connectivity index (χ0) is 11.8. The van der Waals surface area contributed by atoms with Crippen molar-refractivity contribution in [3.63, 3.8) is 0 Å². The van der Waals surface area contributed by atoms with Crippen molar-refractivity contribution in [3.05, 3.63) is 11.6 Å². The fourth-order valence-electron chi connectivity index (χ4n) is 2.41. The summed E-state index contributed by atoms with van der Waals surface area (Å²) in [5.41, 5.74) is 1.14. The number of aliphatic carboxylic acids is 1. The fourth-order valence-corrected chi connectivity index (χ4v) is 2.41. The summed E-state index contributed by atoms with van der Waals surface area (Å²) >= 11 is 0. The van der Waals surface area contributed by atoms with Crippen LogP contribution in [0.5, 0.6) is 0 Å². The van der Waals surface area contributed by atoms with Crippen LogP contribution in [0, 0.1) is 5.92 Å². The van der Waals surface area contributed by atoms with Gasteiger partial charge in [-0.1, -0.05) is 16.8 Å². The lowest BCUT2D eigenvalue weighted by atomic mass is 9.76. The van der Waals surface area contributed by atoms with Crippen LogP contribution >= 0.6 is 0 Å². The Morgan fingerprint density at radius 2 is 2.44 bits per heavy atom. The minimum absolute atomic E-state index is 0.147. The van der Waals surface area contributed by atoms with Gasteiger partial charge in [0.25, 0.3) is 0 Å². The minimum atomic E-state index is -0.966. The van der Waals surface area contributed by atoms with Gasteiger partial charge in [-0.25, -0.2) is 4.79 Å². The van der Waals surface area contributed by atoms with Gasteiger partial charge in [0.05, 0.1) is 0 Å². The Hall–Kier alpha value is -1.32. The van der Waals surface area contributed by atoms with E-state index >= 15 is 0 Å². The molecule has 0 fully saturated rings. The summed E-state index contributed by atoms with van der Waals surface area (Å²) in [7, 11) is 0. The maximum absolute atomic E-state index is 10.8. The summed E-state index contributed by atoms with van der Waals surface area (Å²) in [6.07, 6.45) is 5.74. The number of oxime groups is 1. The highest BCUT2D eigenvalue weighted by Gasteiger charge is 2.43. The van der Waals surface area contributed by atoms with Crippen LogP contribution in [-0.2, 0) is 9.63 Å². The molecule has 0 saturated carbocycles. The van der Waals surface area contributed by atoms with Gasteiger partial charge in [-0.05, 0) is 33.1 Å². The second-order valence-corrected chi connectivity index (χ2v) is 4.95. The number of hydrogen-bond acceptors (Lipinski definition) is 3. The molecular weight excluding hydrogens is 206 g/mol. The highest BCUT2D eigenvalue weighted by molar-refractivity contribution is 6.36. The molecular formula is C12H17NO3. The zero-order valence-electron chi connectivity index (χ0n) is 9.69. The summed E-state index contributed by atoms with van der Waals surface area (Å²) in [5.74, 6) is -0.594. The van der Waals surface area contributed by atoms with Crippen LogP contribution in [0.25, 0.3) is 0 Å². The third-order valence-corrected chi connectivity index (χ3v) is 3.63. The molecule has 4 nitrogen and oxygen atoms in total. The topological polar surface area (TPSA) is 58.9 Å². The molecule has 1 aliphatic carbocycles. The number of rotatable bonds is 2. The Morgan fingerprint density at radius 3 is 2.94 bits per heavy atom. The van der Waals surface area contributed by atoms with Crippen LogP contribution in [0.3, 0.4) is 0 Å². The average Bonchev–Trinajstić information content (AvgIpc) is 2.63. The van der Waals surface area contributed by atoms with E-state index < -0.39 is 11.6 Å². The molecule has 0 bridgehead atoms. The predicted molar refractivity (Wildman–Crippen MR) is 60.3 cm³/mol. The minimum Gasteiger partial charge on any atom is -0.477 e. The first-order valence-corrected chi connectivity index (χ1v) is 5.65. The standard InChI is InChI=1S/C12H17NO3/c1-8-3-5-9(6-4-8)12(2)7-10(11(14)15)13-16-12/h3,9H,4-7H2,1-2H3,(H,14,15). The van der Waals surface area contributed by atoms with Gasteiger partial charge in [0.2, 0.25) is 0 Å². The molecule has 0 spiro atoms. The molecule has 1 aliphatic heterocycles. The molecule has 1 heterocycles. The normalized spacial score (nSPS) is 34.0. The highest BCUT2D eigenvalue weighted by atomic mass is 16.7. The van der Waals surface area contributed by atoms with E-state index in [1.54, 1.807) is 0 Å². The number of carbonyl (C=O) groups is 1. The van der Waals surface area contributed by atoms with Crippen molar-refractivity contribution in [3.8, 4) is 0 Å². The van der Waals surface area contributed by atoms with Crippen LogP contribution in [0.4, 0.5) is 0 Å². The first-order valence-electron chi connectivity index (χ1n) is 5.65. The van der Waals surface area contributed by atoms with Gasteiger partial charge in [-0.3, -0.25) is 0 Å². The molecule has 4 heteroatoms. The van der Waals surface area contributed by atoms with E-state index in [0.29, 0.717) is 12.3 Å². The molecule has 0 aromatic rings. The van der Waals surface area contributed by atoms with Gasteiger partial charge in [-0.2, -0.15) is 0 Å². The molecule has 0 saturated heterocycles. The Morgan fingerprint density at radius 1 is 1.69 bits per heavy atom. The Balaban J connectivity index is 2.04. The average molecular weight is 223 g/mol. The first kappa shape index (κ1) is 11.2. The SMILES string of the molecule is CC1=CCC(C2(C)CC(C(=O)O)=NO2)CC1. The highest BCUT2D eigenvalue weighted by Crippen LogP contribution is 2.39. The van der Waals surface area contributed by atoms with E-state index in [1.165, 1.54) is 5.57 Å². The largest absolute Gasteiger partial charge is 0.477 e. The van der Waals surface area contributed by atoms with Gasteiger partial charge in [0.1, 0.15) is 5.60 Å². The van der Waals surface area contributed by atoms with E-state index in [1.807, 2.05) is 6.92 Å². The van der Waals surface area contributed by atoms with Crippen LogP contribution in [-0.4, -0.2) is 22.4 Å². The number of carboxylic acids is 1. The lowest BCUT2D eigenvalue weighted by molar-refractivity contribution is -0.129. The molecule has 2 rings (SSSR count). The predicted octanol–water partition coefficient (Wildman–Crippen LogP) is 2.35. The zero-order valence-corrected chi connectivity index (χ0v) is 9.69. The lowest BCUT2D eigenvalue weighted by Gasteiger charge is -2.33. The number of hydrogen-bond donors (Lipinski definition) is 1. The number of nitrogens with zero attached hydrogens (tertiary/aromatic N) is 1. The summed E-state index contributed by atoms with van der Waals surface area (Å²) in [6, 6.07) is 0. The van der Waals surface area contributed by atoms with E-state index in [-0.39, 0.29) is 5.71 Å². The fraction of sp³-hybridized carbons (Fsp3) is 0.667. The van der Waals surface area contributed by atoms with Crippen molar-refractivity contribution in [2.75, 3.05) is 0 Å². The summed E-state index contributed by atoms with van der Waals surface area (Å²) < 4.78 is 0. The van der Waals surface area contributed by atoms with Crippen LogP contribution in [0.2, 0.25) is 0 Å². The number of allylic oxidation sites excluding steroid dienone is 2. The third-order valence-electron chi connectivity index (χ3n) is 3.63. The molecule has 2 unspecified atom stereocenters. The van der Waals surface area contributed by atoms with Crippen molar-refractivity contribution in [2.24, 2.45) is 11.1 Å². The molecule has 0 amide bonds. The molecule has 2 aliphatic rings. The first-order chi connectivity index (χ1) is 7.51. The van der Waals surface area contributed by atoms with Crippen LogP contribution < -0.4 is 0 Å². The van der Waals surface area contributed by atoms with Gasteiger partial charge in [0.15, 0.2) is 5.71 Å². The van der Waals surface area contributed by atoms with Crippen molar-refractivity contribution in [2.45, 2.75) is 45.1 Å².